The molecule has 1 unspecified atom stereocenters. The van der Waals surface area contributed by atoms with Crippen LogP contribution < -0.4 is 0 Å². The molecule has 0 spiro atoms. The summed E-state index contributed by atoms with van der Waals surface area (Å²) in [6.45, 7) is 2.09. The predicted molar refractivity (Wildman–Crippen MR) is 121 cm³/mol. The van der Waals surface area contributed by atoms with Gasteiger partial charge in [0, 0.05) is 16.1 Å². The van der Waals surface area contributed by atoms with E-state index in [2.05, 4.69) is 22.9 Å². The van der Waals surface area contributed by atoms with Crippen molar-refractivity contribution in [2.24, 2.45) is 0 Å². The second-order valence-electron chi connectivity index (χ2n) is 8.10. The number of amides is 1. The molecule has 156 valence electrons. The predicted octanol–water partition coefficient (Wildman–Crippen LogP) is 5.77. The molecule has 0 aromatic heterocycles. The number of carbonyl (C=O) groups excluding carboxylic acids is 2. The number of carbonyl (C=O) groups is 2. The molecule has 30 heavy (non-hydrogen) atoms. The smallest absolute Gasteiger partial charge is 0.295 e. The number of aryl methyl sites for hydroxylation is 1. The number of halogens is 1. The number of nitrogens with zero attached hydrogens (tertiary/aromatic N) is 1. The first-order valence-corrected chi connectivity index (χ1v) is 11.5. The fourth-order valence-electron chi connectivity index (χ4n) is 4.61. The summed E-state index contributed by atoms with van der Waals surface area (Å²) in [5.41, 5.74) is 2.80. The van der Waals surface area contributed by atoms with Crippen LogP contribution >= 0.6 is 15.9 Å². The number of aliphatic hydroxyl groups is 1. The Bertz CT molecular complexity index is 972. The third kappa shape index (κ3) is 3.83. The molecule has 1 saturated heterocycles. The summed E-state index contributed by atoms with van der Waals surface area (Å²) >= 11 is 3.40. The summed E-state index contributed by atoms with van der Waals surface area (Å²) in [6.07, 6.45) is 5.99. The number of benzene rings is 2. The first kappa shape index (κ1) is 20.9. The van der Waals surface area contributed by atoms with E-state index >= 15 is 0 Å². The lowest BCUT2D eigenvalue weighted by Crippen LogP contribution is -2.40. The van der Waals surface area contributed by atoms with E-state index < -0.39 is 17.7 Å². The molecule has 0 bridgehead atoms. The maximum absolute atomic E-state index is 13.1. The molecular weight excluding hydrogens is 442 g/mol. The van der Waals surface area contributed by atoms with Gasteiger partial charge in [-0.3, -0.25) is 9.59 Å². The second kappa shape index (κ2) is 8.76. The molecule has 4 nitrogen and oxygen atoms in total. The highest BCUT2D eigenvalue weighted by atomic mass is 79.9. The van der Waals surface area contributed by atoms with E-state index in [9.17, 15) is 14.7 Å². The molecular formula is C25H26BrNO3. The topological polar surface area (TPSA) is 57.6 Å². The number of aliphatic hydroxyl groups excluding tert-OH is 1. The molecule has 1 heterocycles. The van der Waals surface area contributed by atoms with E-state index in [1.165, 1.54) is 5.56 Å². The van der Waals surface area contributed by atoms with Crippen molar-refractivity contribution >= 4 is 33.4 Å². The van der Waals surface area contributed by atoms with Crippen molar-refractivity contribution in [1.29, 1.82) is 0 Å². The molecule has 1 aliphatic heterocycles. The summed E-state index contributed by atoms with van der Waals surface area (Å²) in [7, 11) is 0. The Labute approximate surface area is 185 Å². The monoisotopic (exact) mass is 467 g/mol. The van der Waals surface area contributed by atoms with Gasteiger partial charge in [-0.25, -0.2) is 0 Å². The van der Waals surface area contributed by atoms with E-state index in [-0.39, 0.29) is 17.4 Å². The average molecular weight is 468 g/mol. The number of likely N-dealkylation sites (tertiary alicyclic amines) is 1. The summed E-state index contributed by atoms with van der Waals surface area (Å²) in [5, 5.41) is 11.1. The zero-order valence-electron chi connectivity index (χ0n) is 17.1. The first-order valence-electron chi connectivity index (χ1n) is 10.7. The standard InChI is InChI=1S/C25H26BrNO3/c1-2-16-8-10-17(11-9-16)22-21(23(28)18-12-14-19(26)15-13-18)24(29)25(30)27(22)20-6-4-3-5-7-20/h8-15,20,22,28H,2-7H2,1H3/b23-21-. The Hall–Kier alpha value is -2.40. The number of hydrogen-bond acceptors (Lipinski definition) is 3. The minimum Gasteiger partial charge on any atom is -0.507 e. The highest BCUT2D eigenvalue weighted by Gasteiger charge is 2.48. The van der Waals surface area contributed by atoms with Crippen LogP contribution in [0.1, 0.15) is 61.8 Å². The molecule has 1 aliphatic carbocycles. The number of Topliss-reactive ketones (excluding diaryl/α,β-unsaturated/α-hetero) is 1. The van der Waals surface area contributed by atoms with Crippen LogP contribution in [-0.2, 0) is 16.0 Å². The molecule has 2 aliphatic rings. The Morgan fingerprint density at radius 3 is 2.23 bits per heavy atom. The van der Waals surface area contributed by atoms with Crippen molar-refractivity contribution in [1.82, 2.24) is 4.90 Å². The van der Waals surface area contributed by atoms with Crippen molar-refractivity contribution in [3.63, 3.8) is 0 Å². The van der Waals surface area contributed by atoms with Crippen LogP contribution in [0.5, 0.6) is 0 Å². The maximum atomic E-state index is 13.1. The van der Waals surface area contributed by atoms with Crippen LogP contribution in [0, 0.1) is 0 Å². The van der Waals surface area contributed by atoms with Crippen LogP contribution in [0.3, 0.4) is 0 Å². The fourth-order valence-corrected chi connectivity index (χ4v) is 4.88. The third-order valence-electron chi connectivity index (χ3n) is 6.27. The van der Waals surface area contributed by atoms with Gasteiger partial charge < -0.3 is 10.0 Å². The van der Waals surface area contributed by atoms with Gasteiger partial charge in [-0.15, -0.1) is 0 Å². The lowest BCUT2D eigenvalue weighted by atomic mass is 9.90. The Morgan fingerprint density at radius 1 is 1.00 bits per heavy atom. The van der Waals surface area contributed by atoms with E-state index in [1.807, 2.05) is 36.4 Å². The van der Waals surface area contributed by atoms with Crippen LogP contribution in [0.25, 0.3) is 5.76 Å². The number of ketones is 1. The second-order valence-corrected chi connectivity index (χ2v) is 9.02. The molecule has 2 fully saturated rings. The van der Waals surface area contributed by atoms with Gasteiger partial charge in [0.05, 0.1) is 11.6 Å². The maximum Gasteiger partial charge on any atom is 0.295 e. The minimum atomic E-state index is -0.592. The zero-order chi connectivity index (χ0) is 21.3. The van der Waals surface area contributed by atoms with Crippen molar-refractivity contribution in [2.45, 2.75) is 57.5 Å². The van der Waals surface area contributed by atoms with Gasteiger partial charge in [0.2, 0.25) is 0 Å². The lowest BCUT2D eigenvalue weighted by Gasteiger charge is -2.35. The molecule has 2 aromatic carbocycles. The van der Waals surface area contributed by atoms with E-state index in [0.29, 0.717) is 5.56 Å². The molecule has 1 atom stereocenters. The summed E-state index contributed by atoms with van der Waals surface area (Å²) < 4.78 is 0.883. The molecule has 1 amide bonds. The van der Waals surface area contributed by atoms with Crippen molar-refractivity contribution < 1.29 is 14.7 Å². The fraction of sp³-hybridized carbons (Fsp3) is 0.360. The van der Waals surface area contributed by atoms with Crippen LogP contribution in [-0.4, -0.2) is 27.7 Å². The Morgan fingerprint density at radius 2 is 1.63 bits per heavy atom. The van der Waals surface area contributed by atoms with Crippen LogP contribution in [0.2, 0.25) is 0 Å². The molecule has 0 radical (unpaired) electrons. The average Bonchev–Trinajstić information content (AvgIpc) is 3.05. The van der Waals surface area contributed by atoms with Crippen molar-refractivity contribution in [3.8, 4) is 0 Å². The van der Waals surface area contributed by atoms with Gasteiger partial charge in [0.25, 0.3) is 11.7 Å². The first-order chi connectivity index (χ1) is 14.5. The minimum absolute atomic E-state index is 0.0290. The third-order valence-corrected chi connectivity index (χ3v) is 6.80. The quantitative estimate of drug-likeness (QED) is 0.352. The van der Waals surface area contributed by atoms with E-state index in [4.69, 9.17) is 0 Å². The number of rotatable bonds is 4. The molecule has 2 aromatic rings. The molecule has 1 saturated carbocycles. The van der Waals surface area contributed by atoms with Gasteiger partial charge in [0.1, 0.15) is 5.76 Å². The SMILES string of the molecule is CCc1ccc(C2/C(=C(/O)c3ccc(Br)cc3)C(=O)C(=O)N2C2CCCCC2)cc1. The van der Waals surface area contributed by atoms with Gasteiger partial charge in [0.15, 0.2) is 0 Å². The van der Waals surface area contributed by atoms with E-state index in [0.717, 1.165) is 48.6 Å². The van der Waals surface area contributed by atoms with Crippen molar-refractivity contribution in [3.05, 3.63) is 75.3 Å². The van der Waals surface area contributed by atoms with Gasteiger partial charge >= 0.3 is 0 Å². The van der Waals surface area contributed by atoms with Crippen molar-refractivity contribution in [2.75, 3.05) is 0 Å². The van der Waals surface area contributed by atoms with Gasteiger partial charge in [-0.05, 0) is 42.5 Å². The van der Waals surface area contributed by atoms with Gasteiger partial charge in [-0.2, -0.15) is 0 Å². The number of hydrogen-bond donors (Lipinski definition) is 1. The highest BCUT2D eigenvalue weighted by Crippen LogP contribution is 2.43. The largest absolute Gasteiger partial charge is 0.507 e. The lowest BCUT2D eigenvalue weighted by molar-refractivity contribution is -0.141. The normalized spacial score (nSPS) is 21.9. The Balaban J connectivity index is 1.85. The summed E-state index contributed by atoms with van der Waals surface area (Å²) in [4.78, 5) is 28.0. The molecule has 1 N–H and O–H groups in total. The highest BCUT2D eigenvalue weighted by molar-refractivity contribution is 9.10. The summed E-state index contributed by atoms with van der Waals surface area (Å²) in [6, 6.07) is 14.7. The molecule has 4 rings (SSSR count). The zero-order valence-corrected chi connectivity index (χ0v) is 18.7. The van der Waals surface area contributed by atoms with Crippen LogP contribution in [0.4, 0.5) is 0 Å². The van der Waals surface area contributed by atoms with E-state index in [1.54, 1.807) is 17.0 Å². The molecule has 5 heteroatoms. The van der Waals surface area contributed by atoms with Gasteiger partial charge in [-0.1, -0.05) is 78.5 Å². The summed E-state index contributed by atoms with van der Waals surface area (Å²) in [5.74, 6) is -1.19. The Kier molecular flexibility index (Phi) is 6.09. The van der Waals surface area contributed by atoms with Crippen LogP contribution in [0.15, 0.2) is 58.6 Å².